The Kier molecular flexibility index (Phi) is 10.1. The summed E-state index contributed by atoms with van der Waals surface area (Å²) in [5.74, 6) is -0.0672. The summed E-state index contributed by atoms with van der Waals surface area (Å²) in [6.07, 6.45) is 1.60. The van der Waals surface area contributed by atoms with Gasteiger partial charge in [-0.15, -0.1) is 12.4 Å². The van der Waals surface area contributed by atoms with Crippen LogP contribution >= 0.6 is 12.4 Å². The molecule has 0 aliphatic heterocycles. The van der Waals surface area contributed by atoms with Crippen LogP contribution in [-0.2, 0) is 4.79 Å². The molecule has 1 rings (SSSR count). The van der Waals surface area contributed by atoms with Gasteiger partial charge in [-0.05, 0) is 32.0 Å². The van der Waals surface area contributed by atoms with Crippen molar-refractivity contribution in [2.24, 2.45) is 5.73 Å². The highest BCUT2D eigenvalue weighted by Crippen LogP contribution is 2.20. The second kappa shape index (κ2) is 10.6. The molecular weight excluding hydrogens is 310 g/mol. The molecule has 0 fully saturated rings. The number of nitrogens with zero attached hydrogens (tertiary/aromatic N) is 1. The molecule has 132 valence electrons. The number of halogens is 1. The molecule has 1 aromatic carbocycles. The van der Waals surface area contributed by atoms with Crippen molar-refractivity contribution >= 4 is 18.3 Å². The van der Waals surface area contributed by atoms with Gasteiger partial charge in [0.1, 0.15) is 0 Å². The topological polar surface area (TPSA) is 58.4 Å². The predicted octanol–water partition coefficient (Wildman–Crippen LogP) is 3.13. The zero-order valence-corrected chi connectivity index (χ0v) is 15.7. The Bertz CT molecular complexity index is 447. The highest BCUT2D eigenvalue weighted by Gasteiger charge is 2.28. The molecule has 23 heavy (non-hydrogen) atoms. The molecule has 0 bridgehead atoms. The van der Waals surface area contributed by atoms with Gasteiger partial charge in [0, 0.05) is 6.54 Å². The number of benzene rings is 1. The minimum atomic E-state index is -0.792. The highest BCUT2D eigenvalue weighted by atomic mass is 35.5. The molecule has 0 aliphatic carbocycles. The summed E-state index contributed by atoms with van der Waals surface area (Å²) in [6.45, 7) is 10.6. The number of carbonyl (C=O) groups is 1. The maximum absolute atomic E-state index is 12.3. The van der Waals surface area contributed by atoms with E-state index in [9.17, 15) is 4.79 Å². The van der Waals surface area contributed by atoms with Crippen molar-refractivity contribution in [2.45, 2.75) is 52.1 Å². The first-order chi connectivity index (χ1) is 10.5. The Hall–Kier alpha value is -1.10. The third-order valence-electron chi connectivity index (χ3n) is 4.18. The molecule has 2 unspecified atom stereocenters. The third kappa shape index (κ3) is 6.50. The average molecular weight is 342 g/mol. The Balaban J connectivity index is 0.00000484. The van der Waals surface area contributed by atoms with Crippen LogP contribution < -0.4 is 11.1 Å². The van der Waals surface area contributed by atoms with Crippen LogP contribution in [-0.4, -0.2) is 36.0 Å². The molecular formula is C18H32ClN3O. The van der Waals surface area contributed by atoms with E-state index in [-0.39, 0.29) is 24.4 Å². The van der Waals surface area contributed by atoms with Gasteiger partial charge in [-0.25, -0.2) is 0 Å². The summed E-state index contributed by atoms with van der Waals surface area (Å²) < 4.78 is 0. The fourth-order valence-electron chi connectivity index (χ4n) is 2.82. The molecule has 2 atom stereocenters. The number of likely N-dealkylation sites (N-methyl/N-ethyl adjacent to an activating group) is 1. The van der Waals surface area contributed by atoms with E-state index < -0.39 is 5.54 Å². The van der Waals surface area contributed by atoms with Crippen LogP contribution in [0.2, 0.25) is 0 Å². The lowest BCUT2D eigenvalue weighted by Gasteiger charge is -2.32. The average Bonchev–Trinajstić information content (AvgIpc) is 2.51. The van der Waals surface area contributed by atoms with Crippen molar-refractivity contribution in [2.75, 3.05) is 19.6 Å². The first kappa shape index (κ1) is 21.9. The standard InChI is InChI=1S/C18H31N3O.ClH/c1-5-13-18(4,19)17(22)20-14-16(21(6-2)7-3)15-11-9-8-10-12-15;/h8-12,16H,5-7,13-14,19H2,1-4H3,(H,20,22);1H. The van der Waals surface area contributed by atoms with E-state index in [0.717, 1.165) is 19.5 Å². The fourth-order valence-corrected chi connectivity index (χ4v) is 2.82. The maximum atomic E-state index is 12.3. The van der Waals surface area contributed by atoms with E-state index >= 15 is 0 Å². The normalized spacial score (nSPS) is 14.7. The number of amides is 1. The van der Waals surface area contributed by atoms with Crippen LogP contribution in [0.5, 0.6) is 0 Å². The number of rotatable bonds is 9. The molecule has 4 nitrogen and oxygen atoms in total. The monoisotopic (exact) mass is 341 g/mol. The van der Waals surface area contributed by atoms with Crippen molar-refractivity contribution in [3.05, 3.63) is 35.9 Å². The summed E-state index contributed by atoms with van der Waals surface area (Å²) in [5.41, 5.74) is 6.54. The summed E-state index contributed by atoms with van der Waals surface area (Å²) in [7, 11) is 0. The van der Waals surface area contributed by atoms with Crippen molar-refractivity contribution in [3.63, 3.8) is 0 Å². The summed E-state index contributed by atoms with van der Waals surface area (Å²) in [6, 6.07) is 10.5. The van der Waals surface area contributed by atoms with E-state index in [1.807, 2.05) is 25.1 Å². The number of nitrogens with two attached hydrogens (primary N) is 1. The number of hydrogen-bond acceptors (Lipinski definition) is 3. The molecule has 0 saturated carbocycles. The van der Waals surface area contributed by atoms with E-state index in [0.29, 0.717) is 13.0 Å². The predicted molar refractivity (Wildman–Crippen MR) is 99.9 cm³/mol. The Morgan fingerprint density at radius 2 is 1.78 bits per heavy atom. The van der Waals surface area contributed by atoms with Crippen LogP contribution in [0.4, 0.5) is 0 Å². The Morgan fingerprint density at radius 1 is 1.22 bits per heavy atom. The Morgan fingerprint density at radius 3 is 2.26 bits per heavy atom. The smallest absolute Gasteiger partial charge is 0.239 e. The quantitative estimate of drug-likeness (QED) is 0.725. The molecule has 5 heteroatoms. The second-order valence-electron chi connectivity index (χ2n) is 6.03. The SMILES string of the molecule is CCCC(C)(N)C(=O)NCC(c1ccccc1)N(CC)CC.Cl. The molecule has 1 aromatic rings. The van der Waals surface area contributed by atoms with Gasteiger partial charge in [0.25, 0.3) is 0 Å². The molecule has 3 N–H and O–H groups in total. The number of nitrogens with one attached hydrogen (secondary N) is 1. The Labute approximate surface area is 147 Å². The van der Waals surface area contributed by atoms with Gasteiger partial charge in [-0.1, -0.05) is 57.5 Å². The molecule has 0 aliphatic rings. The lowest BCUT2D eigenvalue weighted by atomic mass is 9.96. The lowest BCUT2D eigenvalue weighted by molar-refractivity contribution is -0.126. The van der Waals surface area contributed by atoms with Gasteiger partial charge < -0.3 is 11.1 Å². The van der Waals surface area contributed by atoms with Crippen LogP contribution in [0, 0.1) is 0 Å². The molecule has 0 heterocycles. The summed E-state index contributed by atoms with van der Waals surface area (Å²) in [5, 5.41) is 3.05. The number of hydrogen-bond donors (Lipinski definition) is 2. The van der Waals surface area contributed by atoms with E-state index in [4.69, 9.17) is 5.73 Å². The first-order valence-corrected chi connectivity index (χ1v) is 8.32. The molecule has 0 saturated heterocycles. The second-order valence-corrected chi connectivity index (χ2v) is 6.03. The minimum absolute atomic E-state index is 0. The van der Waals surface area contributed by atoms with Gasteiger partial charge in [0.2, 0.25) is 5.91 Å². The zero-order chi connectivity index (χ0) is 16.6. The summed E-state index contributed by atoms with van der Waals surface area (Å²) in [4.78, 5) is 14.7. The van der Waals surface area contributed by atoms with Crippen LogP contribution in [0.3, 0.4) is 0 Å². The van der Waals surface area contributed by atoms with E-state index in [1.54, 1.807) is 6.92 Å². The zero-order valence-electron chi connectivity index (χ0n) is 14.8. The van der Waals surface area contributed by atoms with Gasteiger partial charge in [-0.2, -0.15) is 0 Å². The highest BCUT2D eigenvalue weighted by molar-refractivity contribution is 5.85. The van der Waals surface area contributed by atoms with E-state index in [1.165, 1.54) is 5.56 Å². The minimum Gasteiger partial charge on any atom is -0.353 e. The molecule has 0 aromatic heterocycles. The van der Waals surface area contributed by atoms with E-state index in [2.05, 4.69) is 36.2 Å². The van der Waals surface area contributed by atoms with Crippen molar-refractivity contribution in [1.82, 2.24) is 10.2 Å². The molecule has 0 radical (unpaired) electrons. The lowest BCUT2D eigenvalue weighted by Crippen LogP contribution is -2.53. The molecule has 1 amide bonds. The maximum Gasteiger partial charge on any atom is 0.239 e. The first-order valence-electron chi connectivity index (χ1n) is 8.32. The van der Waals surface area contributed by atoms with Gasteiger partial charge in [-0.3, -0.25) is 9.69 Å². The largest absolute Gasteiger partial charge is 0.353 e. The van der Waals surface area contributed by atoms with Crippen LogP contribution in [0.15, 0.2) is 30.3 Å². The summed E-state index contributed by atoms with van der Waals surface area (Å²) >= 11 is 0. The van der Waals surface area contributed by atoms with Gasteiger partial charge >= 0.3 is 0 Å². The van der Waals surface area contributed by atoms with Gasteiger partial charge in [0.15, 0.2) is 0 Å². The van der Waals surface area contributed by atoms with Crippen molar-refractivity contribution < 1.29 is 4.79 Å². The van der Waals surface area contributed by atoms with Crippen molar-refractivity contribution in [1.29, 1.82) is 0 Å². The fraction of sp³-hybridized carbons (Fsp3) is 0.611. The van der Waals surface area contributed by atoms with Crippen molar-refractivity contribution in [3.8, 4) is 0 Å². The third-order valence-corrected chi connectivity index (χ3v) is 4.18. The van der Waals surface area contributed by atoms with Gasteiger partial charge in [0.05, 0.1) is 11.6 Å². The number of carbonyl (C=O) groups excluding carboxylic acids is 1. The van der Waals surface area contributed by atoms with Crippen LogP contribution in [0.1, 0.15) is 52.1 Å². The van der Waals surface area contributed by atoms with Crippen LogP contribution in [0.25, 0.3) is 0 Å². The molecule has 0 spiro atoms.